The average molecular weight is 331 g/mol. The summed E-state index contributed by atoms with van der Waals surface area (Å²) < 4.78 is 14.9. The fraction of sp³-hybridized carbons (Fsp3) is 0.176. The van der Waals surface area contributed by atoms with Gasteiger partial charge >= 0.3 is 12.1 Å². The third-order valence-corrected chi connectivity index (χ3v) is 2.98. The average Bonchev–Trinajstić information content (AvgIpc) is 2.59. The van der Waals surface area contributed by atoms with E-state index in [0.29, 0.717) is 5.75 Å². The van der Waals surface area contributed by atoms with Crippen molar-refractivity contribution in [2.24, 2.45) is 0 Å². The zero-order valence-corrected chi connectivity index (χ0v) is 13.0. The molecule has 24 heavy (non-hydrogen) atoms. The van der Waals surface area contributed by atoms with E-state index in [1.807, 2.05) is 18.2 Å². The molecule has 0 aliphatic heterocycles. The van der Waals surface area contributed by atoms with E-state index in [0.717, 1.165) is 0 Å². The quantitative estimate of drug-likeness (QED) is 0.624. The van der Waals surface area contributed by atoms with Gasteiger partial charge in [-0.25, -0.2) is 9.59 Å². The Bertz CT molecular complexity index is 701. The SMILES string of the molecule is COC(=O)c1ccc(NC(=O)OCCOc2ccccc2)cc1O. The van der Waals surface area contributed by atoms with E-state index < -0.39 is 12.1 Å². The number of carbonyl (C=O) groups excluding carboxylic acids is 2. The Morgan fingerprint density at radius 2 is 1.83 bits per heavy atom. The molecule has 0 aliphatic rings. The number of amides is 1. The van der Waals surface area contributed by atoms with Gasteiger partial charge in [-0.2, -0.15) is 0 Å². The fourth-order valence-electron chi connectivity index (χ4n) is 1.86. The normalized spacial score (nSPS) is 9.88. The lowest BCUT2D eigenvalue weighted by atomic mass is 10.2. The van der Waals surface area contributed by atoms with Crippen molar-refractivity contribution < 1.29 is 28.9 Å². The number of hydrogen-bond acceptors (Lipinski definition) is 6. The van der Waals surface area contributed by atoms with Crippen molar-refractivity contribution in [2.75, 3.05) is 25.6 Å². The van der Waals surface area contributed by atoms with Gasteiger partial charge in [0, 0.05) is 11.8 Å². The van der Waals surface area contributed by atoms with Gasteiger partial charge in [0.05, 0.1) is 7.11 Å². The van der Waals surface area contributed by atoms with Crippen LogP contribution in [-0.2, 0) is 9.47 Å². The van der Waals surface area contributed by atoms with Gasteiger partial charge in [0.2, 0.25) is 0 Å². The van der Waals surface area contributed by atoms with E-state index in [1.165, 1.54) is 25.3 Å². The molecule has 0 saturated carbocycles. The van der Waals surface area contributed by atoms with Crippen LogP contribution in [0.4, 0.5) is 10.5 Å². The lowest BCUT2D eigenvalue weighted by Crippen LogP contribution is -2.17. The molecule has 0 unspecified atom stereocenters. The van der Waals surface area contributed by atoms with E-state index in [1.54, 1.807) is 12.1 Å². The molecule has 0 atom stereocenters. The molecule has 7 heteroatoms. The van der Waals surface area contributed by atoms with E-state index in [9.17, 15) is 14.7 Å². The van der Waals surface area contributed by atoms with Gasteiger partial charge in [0.15, 0.2) is 0 Å². The number of rotatable bonds is 6. The number of para-hydroxylation sites is 1. The number of esters is 1. The van der Waals surface area contributed by atoms with Crippen LogP contribution in [0.5, 0.6) is 11.5 Å². The number of hydrogen-bond donors (Lipinski definition) is 2. The summed E-state index contributed by atoms with van der Waals surface area (Å²) >= 11 is 0. The highest BCUT2D eigenvalue weighted by molar-refractivity contribution is 5.94. The van der Waals surface area contributed by atoms with Crippen molar-refractivity contribution in [1.82, 2.24) is 0 Å². The summed E-state index contributed by atoms with van der Waals surface area (Å²) in [5, 5.41) is 12.2. The molecular formula is C17H17NO6. The van der Waals surface area contributed by atoms with Crippen molar-refractivity contribution in [3.63, 3.8) is 0 Å². The molecule has 0 radical (unpaired) electrons. The van der Waals surface area contributed by atoms with Crippen LogP contribution in [0.1, 0.15) is 10.4 Å². The number of carbonyl (C=O) groups is 2. The predicted molar refractivity (Wildman–Crippen MR) is 86.4 cm³/mol. The van der Waals surface area contributed by atoms with Crippen LogP contribution >= 0.6 is 0 Å². The zero-order valence-electron chi connectivity index (χ0n) is 13.0. The van der Waals surface area contributed by atoms with Crippen molar-refractivity contribution in [3.8, 4) is 11.5 Å². The third-order valence-electron chi connectivity index (χ3n) is 2.98. The first-order chi connectivity index (χ1) is 11.6. The van der Waals surface area contributed by atoms with E-state index >= 15 is 0 Å². The van der Waals surface area contributed by atoms with Crippen LogP contribution < -0.4 is 10.1 Å². The molecule has 1 amide bonds. The molecule has 2 N–H and O–H groups in total. The third kappa shape index (κ3) is 4.91. The van der Waals surface area contributed by atoms with E-state index in [2.05, 4.69) is 10.1 Å². The Hall–Kier alpha value is -3.22. The Labute approximate surface area is 138 Å². The minimum Gasteiger partial charge on any atom is -0.507 e. The Morgan fingerprint density at radius 1 is 1.08 bits per heavy atom. The van der Waals surface area contributed by atoms with Gasteiger partial charge in [0.1, 0.15) is 30.3 Å². The maximum atomic E-state index is 11.6. The lowest BCUT2D eigenvalue weighted by Gasteiger charge is -2.09. The van der Waals surface area contributed by atoms with Crippen molar-refractivity contribution in [2.45, 2.75) is 0 Å². The van der Waals surface area contributed by atoms with Crippen molar-refractivity contribution >= 4 is 17.7 Å². The summed E-state index contributed by atoms with van der Waals surface area (Å²) in [7, 11) is 1.21. The maximum Gasteiger partial charge on any atom is 0.411 e. The van der Waals surface area contributed by atoms with Crippen LogP contribution in [0.3, 0.4) is 0 Å². The minimum absolute atomic E-state index is 0.00711. The molecule has 7 nitrogen and oxygen atoms in total. The first-order valence-corrected chi connectivity index (χ1v) is 7.13. The second kappa shape index (κ2) is 8.42. The summed E-state index contributed by atoms with van der Waals surface area (Å²) in [5.41, 5.74) is 0.293. The first-order valence-electron chi connectivity index (χ1n) is 7.13. The number of aromatic hydroxyl groups is 1. The first kappa shape index (κ1) is 17.1. The highest BCUT2D eigenvalue weighted by atomic mass is 16.6. The Balaban J connectivity index is 1.78. The number of phenolic OH excluding ortho intramolecular Hbond substituents is 1. The number of anilines is 1. The molecule has 0 heterocycles. The van der Waals surface area contributed by atoms with Crippen LogP contribution in [-0.4, -0.2) is 37.5 Å². The fourth-order valence-corrected chi connectivity index (χ4v) is 1.86. The zero-order chi connectivity index (χ0) is 17.4. The largest absolute Gasteiger partial charge is 0.507 e. The number of ether oxygens (including phenoxy) is 3. The molecule has 0 spiro atoms. The maximum absolute atomic E-state index is 11.6. The monoisotopic (exact) mass is 331 g/mol. The molecule has 0 bridgehead atoms. The number of phenols is 1. The smallest absolute Gasteiger partial charge is 0.411 e. The van der Waals surface area contributed by atoms with Crippen molar-refractivity contribution in [1.29, 1.82) is 0 Å². The highest BCUT2D eigenvalue weighted by Crippen LogP contribution is 2.22. The molecule has 2 rings (SSSR count). The molecule has 0 aromatic heterocycles. The van der Waals surface area contributed by atoms with Crippen LogP contribution in [0, 0.1) is 0 Å². The Kier molecular flexibility index (Phi) is 6.01. The van der Waals surface area contributed by atoms with E-state index in [-0.39, 0.29) is 30.2 Å². The summed E-state index contributed by atoms with van der Waals surface area (Å²) in [4.78, 5) is 23.0. The highest BCUT2D eigenvalue weighted by Gasteiger charge is 2.12. The molecule has 2 aromatic rings. The van der Waals surface area contributed by atoms with Gasteiger partial charge in [-0.1, -0.05) is 18.2 Å². The molecule has 126 valence electrons. The van der Waals surface area contributed by atoms with Crippen LogP contribution in [0.15, 0.2) is 48.5 Å². The molecule has 0 fully saturated rings. The summed E-state index contributed by atoms with van der Waals surface area (Å²) in [5.74, 6) is -0.281. The molecule has 2 aromatic carbocycles. The van der Waals surface area contributed by atoms with E-state index in [4.69, 9.17) is 9.47 Å². The number of methoxy groups -OCH3 is 1. The molecule has 0 aliphatic carbocycles. The second-order valence-electron chi connectivity index (χ2n) is 4.65. The van der Waals surface area contributed by atoms with Gasteiger partial charge in [-0.3, -0.25) is 5.32 Å². The Morgan fingerprint density at radius 3 is 2.50 bits per heavy atom. The standard InChI is InChI=1S/C17H17NO6/c1-22-16(20)14-8-7-12(11-15(14)19)18-17(21)24-10-9-23-13-5-3-2-4-6-13/h2-8,11,19H,9-10H2,1H3,(H,18,21). The van der Waals surface area contributed by atoms with Gasteiger partial charge in [0.25, 0.3) is 0 Å². The van der Waals surface area contributed by atoms with Crippen molar-refractivity contribution in [3.05, 3.63) is 54.1 Å². The predicted octanol–water partition coefficient (Wildman–Crippen LogP) is 2.81. The molecule has 0 saturated heterocycles. The summed E-state index contributed by atoms with van der Waals surface area (Å²) in [6, 6.07) is 13.2. The number of benzene rings is 2. The van der Waals surface area contributed by atoms with Crippen LogP contribution in [0.25, 0.3) is 0 Å². The van der Waals surface area contributed by atoms with Crippen LogP contribution in [0.2, 0.25) is 0 Å². The van der Waals surface area contributed by atoms with Gasteiger partial charge in [-0.05, 0) is 24.3 Å². The van der Waals surface area contributed by atoms with Gasteiger partial charge < -0.3 is 19.3 Å². The van der Waals surface area contributed by atoms with Gasteiger partial charge in [-0.15, -0.1) is 0 Å². The minimum atomic E-state index is -0.697. The second-order valence-corrected chi connectivity index (χ2v) is 4.65. The number of nitrogens with one attached hydrogen (secondary N) is 1. The summed E-state index contributed by atoms with van der Waals surface area (Å²) in [6.07, 6.45) is -0.697. The molecular weight excluding hydrogens is 314 g/mol. The topological polar surface area (TPSA) is 94.1 Å². The summed E-state index contributed by atoms with van der Waals surface area (Å²) in [6.45, 7) is 0.275. The lowest BCUT2D eigenvalue weighted by molar-refractivity contribution is 0.0597.